The summed E-state index contributed by atoms with van der Waals surface area (Å²) in [7, 11) is 0. The first kappa shape index (κ1) is 12.3. The lowest BCUT2D eigenvalue weighted by Crippen LogP contribution is -2.42. The molecule has 0 spiro atoms. The molecule has 0 aliphatic carbocycles. The van der Waals surface area contributed by atoms with Crippen LogP contribution in [0.3, 0.4) is 0 Å². The van der Waals surface area contributed by atoms with Crippen molar-refractivity contribution in [1.82, 2.24) is 5.32 Å². The second-order valence-electron chi connectivity index (χ2n) is 4.00. The minimum atomic E-state index is 0.346. The third-order valence-corrected chi connectivity index (χ3v) is 4.10. The van der Waals surface area contributed by atoms with Crippen LogP contribution in [0.15, 0.2) is 0 Å². The fourth-order valence-electron chi connectivity index (χ4n) is 1.85. The summed E-state index contributed by atoms with van der Waals surface area (Å²) in [6, 6.07) is 0.691. The van der Waals surface area contributed by atoms with Crippen LogP contribution in [0.5, 0.6) is 0 Å². The molecule has 1 heterocycles. The molecule has 3 unspecified atom stereocenters. The molecule has 0 amide bonds. The number of nitrogens with one attached hydrogen (secondary N) is 1. The number of hydrogen-bond donors (Lipinski definition) is 1. The molecule has 1 fully saturated rings. The van der Waals surface area contributed by atoms with Crippen LogP contribution in [0.2, 0.25) is 0 Å². The standard InChI is InChI=1S/C11H23NOS/c1-4-13-9(2)8-12-11-6-5-7-14-10(11)3/h9-12H,4-8H2,1-3H3. The van der Waals surface area contributed by atoms with Crippen molar-refractivity contribution in [2.75, 3.05) is 18.9 Å². The van der Waals surface area contributed by atoms with Crippen LogP contribution in [0.1, 0.15) is 33.6 Å². The second-order valence-corrected chi connectivity index (χ2v) is 5.48. The van der Waals surface area contributed by atoms with Crippen molar-refractivity contribution in [2.24, 2.45) is 0 Å². The number of thioether (sulfide) groups is 1. The molecule has 0 aromatic heterocycles. The molecular formula is C11H23NOS. The van der Waals surface area contributed by atoms with E-state index in [1.165, 1.54) is 18.6 Å². The lowest BCUT2D eigenvalue weighted by Gasteiger charge is -2.30. The van der Waals surface area contributed by atoms with Crippen molar-refractivity contribution in [2.45, 2.75) is 51.0 Å². The van der Waals surface area contributed by atoms with Crippen molar-refractivity contribution >= 4 is 11.8 Å². The molecule has 0 saturated carbocycles. The molecule has 1 rings (SSSR count). The van der Waals surface area contributed by atoms with E-state index in [9.17, 15) is 0 Å². The fraction of sp³-hybridized carbons (Fsp3) is 1.00. The summed E-state index contributed by atoms with van der Waals surface area (Å²) >= 11 is 2.09. The van der Waals surface area contributed by atoms with Gasteiger partial charge in [-0.25, -0.2) is 0 Å². The fourth-order valence-corrected chi connectivity index (χ4v) is 3.02. The molecule has 1 saturated heterocycles. The van der Waals surface area contributed by atoms with Gasteiger partial charge in [0.15, 0.2) is 0 Å². The van der Waals surface area contributed by atoms with Crippen LogP contribution in [0.25, 0.3) is 0 Å². The topological polar surface area (TPSA) is 21.3 Å². The van der Waals surface area contributed by atoms with Crippen molar-refractivity contribution in [3.05, 3.63) is 0 Å². The lowest BCUT2D eigenvalue weighted by molar-refractivity contribution is 0.0736. The molecular weight excluding hydrogens is 194 g/mol. The Labute approximate surface area is 92.2 Å². The van der Waals surface area contributed by atoms with Crippen LogP contribution in [-0.2, 0) is 4.74 Å². The molecule has 1 aliphatic heterocycles. The Hall–Kier alpha value is 0.270. The summed E-state index contributed by atoms with van der Waals surface area (Å²) in [5.74, 6) is 1.33. The molecule has 0 bridgehead atoms. The zero-order valence-electron chi connectivity index (χ0n) is 9.58. The van der Waals surface area contributed by atoms with Crippen LogP contribution in [-0.4, -0.2) is 36.3 Å². The number of hydrogen-bond acceptors (Lipinski definition) is 3. The third kappa shape index (κ3) is 4.20. The van der Waals surface area contributed by atoms with Gasteiger partial charge in [0.25, 0.3) is 0 Å². The average Bonchev–Trinajstić information content (AvgIpc) is 2.17. The van der Waals surface area contributed by atoms with Crippen molar-refractivity contribution < 1.29 is 4.74 Å². The second kappa shape index (κ2) is 6.70. The highest BCUT2D eigenvalue weighted by atomic mass is 32.2. The third-order valence-electron chi connectivity index (χ3n) is 2.73. The van der Waals surface area contributed by atoms with Crippen molar-refractivity contribution in [1.29, 1.82) is 0 Å². The van der Waals surface area contributed by atoms with Crippen LogP contribution in [0.4, 0.5) is 0 Å². The normalized spacial score (nSPS) is 30.2. The van der Waals surface area contributed by atoms with Crippen LogP contribution in [0, 0.1) is 0 Å². The smallest absolute Gasteiger partial charge is 0.0671 e. The summed E-state index contributed by atoms with van der Waals surface area (Å²) < 4.78 is 5.50. The van der Waals surface area contributed by atoms with Gasteiger partial charge in [-0.1, -0.05) is 6.92 Å². The van der Waals surface area contributed by atoms with E-state index in [2.05, 4.69) is 37.8 Å². The van der Waals surface area contributed by atoms with Gasteiger partial charge in [-0.2, -0.15) is 11.8 Å². The summed E-state index contributed by atoms with van der Waals surface area (Å²) in [5, 5.41) is 4.37. The van der Waals surface area contributed by atoms with E-state index in [0.29, 0.717) is 12.1 Å². The first-order chi connectivity index (χ1) is 6.74. The van der Waals surface area contributed by atoms with E-state index in [1.54, 1.807) is 0 Å². The molecule has 84 valence electrons. The molecule has 14 heavy (non-hydrogen) atoms. The Morgan fingerprint density at radius 1 is 1.57 bits per heavy atom. The first-order valence-corrected chi connectivity index (χ1v) is 6.75. The monoisotopic (exact) mass is 217 g/mol. The Balaban J connectivity index is 2.15. The zero-order valence-corrected chi connectivity index (χ0v) is 10.4. The summed E-state index contributed by atoms with van der Waals surface area (Å²) in [4.78, 5) is 0. The molecule has 3 atom stereocenters. The molecule has 0 aromatic carbocycles. The Kier molecular flexibility index (Phi) is 5.90. The van der Waals surface area contributed by atoms with Crippen LogP contribution < -0.4 is 5.32 Å². The highest BCUT2D eigenvalue weighted by Crippen LogP contribution is 2.24. The van der Waals surface area contributed by atoms with Gasteiger partial charge in [0.2, 0.25) is 0 Å². The van der Waals surface area contributed by atoms with Crippen molar-refractivity contribution in [3.8, 4) is 0 Å². The molecule has 1 N–H and O–H groups in total. The Morgan fingerprint density at radius 2 is 2.36 bits per heavy atom. The van der Waals surface area contributed by atoms with Crippen molar-refractivity contribution in [3.63, 3.8) is 0 Å². The van der Waals surface area contributed by atoms with Gasteiger partial charge in [-0.3, -0.25) is 0 Å². The van der Waals surface area contributed by atoms with Gasteiger partial charge in [0.05, 0.1) is 6.10 Å². The summed E-state index contributed by atoms with van der Waals surface area (Å²) in [6.45, 7) is 8.32. The van der Waals surface area contributed by atoms with E-state index < -0.39 is 0 Å². The van der Waals surface area contributed by atoms with Gasteiger partial charge < -0.3 is 10.1 Å². The largest absolute Gasteiger partial charge is 0.377 e. The SMILES string of the molecule is CCOC(C)CNC1CCCSC1C. The zero-order chi connectivity index (χ0) is 10.4. The highest BCUT2D eigenvalue weighted by molar-refractivity contribution is 7.99. The average molecular weight is 217 g/mol. The molecule has 0 aromatic rings. The van der Waals surface area contributed by atoms with E-state index in [4.69, 9.17) is 4.74 Å². The van der Waals surface area contributed by atoms with E-state index >= 15 is 0 Å². The summed E-state index contributed by atoms with van der Waals surface area (Å²) in [6.07, 6.45) is 3.03. The Bertz CT molecular complexity index is 154. The molecule has 3 heteroatoms. The minimum absolute atomic E-state index is 0.346. The van der Waals surface area contributed by atoms with E-state index in [-0.39, 0.29) is 0 Å². The van der Waals surface area contributed by atoms with Gasteiger partial charge in [-0.05, 0) is 32.4 Å². The van der Waals surface area contributed by atoms with Gasteiger partial charge in [0, 0.05) is 24.4 Å². The van der Waals surface area contributed by atoms with E-state index in [1.807, 2.05) is 0 Å². The quantitative estimate of drug-likeness (QED) is 0.763. The minimum Gasteiger partial charge on any atom is -0.377 e. The van der Waals surface area contributed by atoms with Gasteiger partial charge in [-0.15, -0.1) is 0 Å². The molecule has 2 nitrogen and oxygen atoms in total. The maximum Gasteiger partial charge on any atom is 0.0671 e. The maximum absolute atomic E-state index is 5.50. The predicted molar refractivity (Wildman–Crippen MR) is 64.0 cm³/mol. The van der Waals surface area contributed by atoms with Gasteiger partial charge in [0.1, 0.15) is 0 Å². The van der Waals surface area contributed by atoms with E-state index in [0.717, 1.165) is 18.4 Å². The number of ether oxygens (including phenoxy) is 1. The molecule has 1 aliphatic rings. The molecule has 0 radical (unpaired) electrons. The Morgan fingerprint density at radius 3 is 3.00 bits per heavy atom. The lowest BCUT2D eigenvalue weighted by atomic mass is 10.1. The maximum atomic E-state index is 5.50. The number of rotatable bonds is 5. The first-order valence-electron chi connectivity index (χ1n) is 5.70. The predicted octanol–water partition coefficient (Wildman–Crippen LogP) is 2.29. The van der Waals surface area contributed by atoms with Gasteiger partial charge >= 0.3 is 0 Å². The summed E-state index contributed by atoms with van der Waals surface area (Å²) in [5.41, 5.74) is 0. The highest BCUT2D eigenvalue weighted by Gasteiger charge is 2.21. The van der Waals surface area contributed by atoms with Crippen LogP contribution >= 0.6 is 11.8 Å².